The highest BCUT2D eigenvalue weighted by atomic mass is 32.1. The van der Waals surface area contributed by atoms with Gasteiger partial charge in [-0.25, -0.2) is 4.98 Å². The smallest absolute Gasteiger partial charge is 0.254 e. The van der Waals surface area contributed by atoms with Crippen LogP contribution in [0.2, 0.25) is 0 Å². The summed E-state index contributed by atoms with van der Waals surface area (Å²) in [7, 11) is 4.03. The van der Waals surface area contributed by atoms with E-state index in [1.54, 1.807) is 11.3 Å². The first-order valence-electron chi connectivity index (χ1n) is 10.0. The molecule has 0 saturated heterocycles. The van der Waals surface area contributed by atoms with Crippen LogP contribution in [-0.4, -0.2) is 47.9 Å². The second-order valence-electron chi connectivity index (χ2n) is 7.74. The van der Waals surface area contributed by atoms with Crippen LogP contribution in [-0.2, 0) is 13.2 Å². The van der Waals surface area contributed by atoms with Gasteiger partial charge in [0, 0.05) is 24.0 Å². The molecule has 1 heterocycles. The van der Waals surface area contributed by atoms with Crippen LogP contribution in [0.5, 0.6) is 5.75 Å². The van der Waals surface area contributed by atoms with Gasteiger partial charge >= 0.3 is 0 Å². The van der Waals surface area contributed by atoms with Gasteiger partial charge in [0.15, 0.2) is 0 Å². The van der Waals surface area contributed by atoms with Gasteiger partial charge in [0.25, 0.3) is 5.91 Å². The minimum absolute atomic E-state index is 0.0334. The number of amides is 1. The predicted molar refractivity (Wildman–Crippen MR) is 122 cm³/mol. The minimum atomic E-state index is 0.0334. The fraction of sp³-hybridized carbons (Fsp3) is 0.333. The SMILES string of the molecule is Cc1cccc(OCc2nc(CN(CCN(C)C)C(=O)c3cccc(C)c3)cs2)c1. The van der Waals surface area contributed by atoms with Gasteiger partial charge in [-0.15, -0.1) is 11.3 Å². The van der Waals surface area contributed by atoms with Crippen molar-refractivity contribution in [3.63, 3.8) is 0 Å². The lowest BCUT2D eigenvalue weighted by Crippen LogP contribution is -2.36. The molecule has 3 aromatic rings. The number of likely N-dealkylation sites (N-methyl/N-ethyl adjacent to an activating group) is 1. The molecule has 0 unspecified atom stereocenters. The third kappa shape index (κ3) is 6.40. The summed E-state index contributed by atoms with van der Waals surface area (Å²) < 4.78 is 5.86. The van der Waals surface area contributed by atoms with Crippen LogP contribution >= 0.6 is 11.3 Å². The lowest BCUT2D eigenvalue weighted by Gasteiger charge is -2.24. The maximum Gasteiger partial charge on any atom is 0.254 e. The predicted octanol–water partition coefficient (Wildman–Crippen LogP) is 4.54. The van der Waals surface area contributed by atoms with Crippen molar-refractivity contribution in [3.8, 4) is 5.75 Å². The first-order valence-corrected chi connectivity index (χ1v) is 10.9. The van der Waals surface area contributed by atoms with Crippen LogP contribution in [0, 0.1) is 13.8 Å². The molecule has 5 nitrogen and oxygen atoms in total. The number of aryl methyl sites for hydroxylation is 2. The Kier molecular flexibility index (Phi) is 7.60. The molecule has 0 atom stereocenters. The van der Waals surface area contributed by atoms with Gasteiger partial charge in [-0.05, 0) is 57.8 Å². The Morgan fingerprint density at radius 2 is 1.77 bits per heavy atom. The molecule has 0 spiro atoms. The van der Waals surface area contributed by atoms with Crippen molar-refractivity contribution in [3.05, 3.63) is 81.3 Å². The summed E-state index contributed by atoms with van der Waals surface area (Å²) in [5.74, 6) is 0.875. The molecule has 0 aliphatic heterocycles. The third-order valence-electron chi connectivity index (χ3n) is 4.67. The van der Waals surface area contributed by atoms with E-state index < -0.39 is 0 Å². The van der Waals surface area contributed by atoms with Gasteiger partial charge in [-0.2, -0.15) is 0 Å². The van der Waals surface area contributed by atoms with E-state index in [2.05, 4.69) is 4.90 Å². The molecule has 0 aliphatic rings. The Balaban J connectivity index is 1.67. The van der Waals surface area contributed by atoms with E-state index in [9.17, 15) is 4.79 Å². The topological polar surface area (TPSA) is 45.7 Å². The van der Waals surface area contributed by atoms with Crippen LogP contribution in [0.25, 0.3) is 0 Å². The molecular weight excluding hydrogens is 394 g/mol. The summed E-state index contributed by atoms with van der Waals surface area (Å²) in [6.07, 6.45) is 0. The molecule has 30 heavy (non-hydrogen) atoms. The fourth-order valence-electron chi connectivity index (χ4n) is 3.07. The maximum atomic E-state index is 13.1. The number of thiazole rings is 1. The van der Waals surface area contributed by atoms with Crippen molar-refractivity contribution in [1.82, 2.24) is 14.8 Å². The zero-order chi connectivity index (χ0) is 21.5. The van der Waals surface area contributed by atoms with Crippen molar-refractivity contribution in [2.45, 2.75) is 27.0 Å². The van der Waals surface area contributed by atoms with E-state index in [1.807, 2.05) is 86.8 Å². The summed E-state index contributed by atoms with van der Waals surface area (Å²) in [6, 6.07) is 15.7. The number of hydrogen-bond donors (Lipinski definition) is 0. The number of carbonyl (C=O) groups excluding carboxylic acids is 1. The van der Waals surface area contributed by atoms with Gasteiger partial charge in [-0.3, -0.25) is 4.79 Å². The number of aromatic nitrogens is 1. The number of nitrogens with zero attached hydrogens (tertiary/aromatic N) is 3. The van der Waals surface area contributed by atoms with Crippen LogP contribution < -0.4 is 4.74 Å². The molecule has 1 amide bonds. The second kappa shape index (κ2) is 10.4. The van der Waals surface area contributed by atoms with E-state index in [1.165, 1.54) is 5.56 Å². The number of benzene rings is 2. The number of rotatable bonds is 9. The summed E-state index contributed by atoms with van der Waals surface area (Å²) in [4.78, 5) is 21.8. The van der Waals surface area contributed by atoms with Crippen molar-refractivity contribution >= 4 is 17.2 Å². The summed E-state index contributed by atoms with van der Waals surface area (Å²) in [5.41, 5.74) is 3.85. The lowest BCUT2D eigenvalue weighted by atomic mass is 10.1. The highest BCUT2D eigenvalue weighted by Gasteiger charge is 2.18. The fourth-order valence-corrected chi connectivity index (χ4v) is 3.76. The molecule has 0 bridgehead atoms. The van der Waals surface area contributed by atoms with Crippen LogP contribution in [0.3, 0.4) is 0 Å². The molecule has 0 aliphatic carbocycles. The van der Waals surface area contributed by atoms with E-state index in [0.717, 1.165) is 28.6 Å². The zero-order valence-corrected chi connectivity index (χ0v) is 18.9. The normalized spacial score (nSPS) is 11.0. The molecule has 0 fully saturated rings. The first kappa shape index (κ1) is 22.0. The van der Waals surface area contributed by atoms with Gasteiger partial charge in [0.1, 0.15) is 17.4 Å². The van der Waals surface area contributed by atoms with Gasteiger partial charge in [0.2, 0.25) is 0 Å². The second-order valence-corrected chi connectivity index (χ2v) is 8.68. The standard InChI is InChI=1S/C24H29N3O2S/c1-18-7-5-9-20(13-18)24(28)27(12-11-26(3)4)15-21-17-30-23(25-21)16-29-22-10-6-8-19(2)14-22/h5-10,13-14,17H,11-12,15-16H2,1-4H3. The Morgan fingerprint density at radius 1 is 1.03 bits per heavy atom. The van der Waals surface area contributed by atoms with Gasteiger partial charge < -0.3 is 14.5 Å². The quantitative estimate of drug-likeness (QED) is 0.507. The molecule has 158 valence electrons. The number of ether oxygens (including phenoxy) is 1. The highest BCUT2D eigenvalue weighted by Crippen LogP contribution is 2.18. The number of carbonyl (C=O) groups is 1. The van der Waals surface area contributed by atoms with Gasteiger partial charge in [0.05, 0.1) is 12.2 Å². The minimum Gasteiger partial charge on any atom is -0.486 e. The molecule has 3 rings (SSSR count). The van der Waals surface area contributed by atoms with E-state index >= 15 is 0 Å². The van der Waals surface area contributed by atoms with Crippen molar-refractivity contribution in [1.29, 1.82) is 0 Å². The van der Waals surface area contributed by atoms with E-state index in [4.69, 9.17) is 9.72 Å². The monoisotopic (exact) mass is 423 g/mol. The molecule has 0 radical (unpaired) electrons. The third-order valence-corrected chi connectivity index (χ3v) is 5.54. The Morgan fingerprint density at radius 3 is 2.47 bits per heavy atom. The Bertz CT molecular complexity index is 984. The molecule has 0 saturated carbocycles. The van der Waals surface area contributed by atoms with Gasteiger partial charge in [-0.1, -0.05) is 29.8 Å². The molecular formula is C24H29N3O2S. The number of hydrogen-bond acceptors (Lipinski definition) is 5. The molecule has 6 heteroatoms. The zero-order valence-electron chi connectivity index (χ0n) is 18.1. The molecule has 0 N–H and O–H groups in total. The Labute approximate surface area is 182 Å². The van der Waals surface area contributed by atoms with E-state index in [-0.39, 0.29) is 5.91 Å². The Hall–Kier alpha value is -2.70. The van der Waals surface area contributed by atoms with Crippen molar-refractivity contribution in [2.75, 3.05) is 27.2 Å². The van der Waals surface area contributed by atoms with Crippen molar-refractivity contribution < 1.29 is 9.53 Å². The van der Waals surface area contributed by atoms with Crippen LogP contribution in [0.4, 0.5) is 0 Å². The maximum absolute atomic E-state index is 13.1. The summed E-state index contributed by atoms with van der Waals surface area (Å²) in [5, 5.41) is 2.92. The highest BCUT2D eigenvalue weighted by molar-refractivity contribution is 7.09. The average Bonchev–Trinajstić information content (AvgIpc) is 3.16. The lowest BCUT2D eigenvalue weighted by molar-refractivity contribution is 0.0730. The van der Waals surface area contributed by atoms with Crippen LogP contribution in [0.15, 0.2) is 53.9 Å². The van der Waals surface area contributed by atoms with Crippen LogP contribution in [0.1, 0.15) is 32.2 Å². The van der Waals surface area contributed by atoms with Crippen molar-refractivity contribution in [2.24, 2.45) is 0 Å². The summed E-state index contributed by atoms with van der Waals surface area (Å²) in [6.45, 7) is 6.40. The first-order chi connectivity index (χ1) is 14.4. The average molecular weight is 424 g/mol. The van der Waals surface area contributed by atoms with E-state index in [0.29, 0.717) is 25.3 Å². The summed E-state index contributed by atoms with van der Waals surface area (Å²) >= 11 is 1.56. The largest absolute Gasteiger partial charge is 0.486 e. The molecule has 1 aromatic heterocycles. The molecule has 2 aromatic carbocycles.